The van der Waals surface area contributed by atoms with E-state index >= 15 is 0 Å². The Labute approximate surface area is 177 Å². The van der Waals surface area contributed by atoms with Crippen LogP contribution in [0.2, 0.25) is 0 Å². The van der Waals surface area contributed by atoms with Gasteiger partial charge in [-0.25, -0.2) is 0 Å². The highest BCUT2D eigenvalue weighted by Gasteiger charge is 2.21. The third-order valence-electron chi connectivity index (χ3n) is 5.04. The maximum Gasteiger partial charge on any atom is 0.225 e. The first kappa shape index (κ1) is 21.3. The zero-order valence-corrected chi connectivity index (χ0v) is 17.0. The minimum atomic E-state index is -0.548. The van der Waals surface area contributed by atoms with Crippen LogP contribution in [0.15, 0.2) is 84.9 Å². The van der Waals surface area contributed by atoms with Gasteiger partial charge in [0.15, 0.2) is 5.78 Å². The van der Waals surface area contributed by atoms with E-state index in [1.165, 1.54) is 5.56 Å². The largest absolute Gasteiger partial charge is 0.508 e. The van der Waals surface area contributed by atoms with Gasteiger partial charge in [-0.05, 0) is 48.1 Å². The van der Waals surface area contributed by atoms with E-state index in [0.717, 1.165) is 24.0 Å². The second-order valence-electron chi connectivity index (χ2n) is 7.46. The van der Waals surface area contributed by atoms with E-state index in [9.17, 15) is 14.7 Å². The van der Waals surface area contributed by atoms with Crippen LogP contribution < -0.4 is 5.32 Å². The minimum absolute atomic E-state index is 0.0499. The zero-order valence-electron chi connectivity index (χ0n) is 17.0. The number of benzene rings is 3. The number of aryl methyl sites for hydroxylation is 1. The minimum Gasteiger partial charge on any atom is -0.508 e. The van der Waals surface area contributed by atoms with E-state index in [4.69, 9.17) is 0 Å². The highest BCUT2D eigenvalue weighted by Crippen LogP contribution is 2.12. The summed E-state index contributed by atoms with van der Waals surface area (Å²) in [7, 11) is 0. The third kappa shape index (κ3) is 6.89. The molecule has 154 valence electrons. The van der Waals surface area contributed by atoms with E-state index in [1.807, 2.05) is 48.5 Å². The number of phenolic OH excluding ortho intramolecular Hbond substituents is 1. The molecule has 0 radical (unpaired) electrons. The maximum absolute atomic E-state index is 12.9. The van der Waals surface area contributed by atoms with Gasteiger partial charge < -0.3 is 10.4 Å². The Kier molecular flexibility index (Phi) is 7.78. The molecular weight excluding hydrogens is 374 g/mol. The lowest BCUT2D eigenvalue weighted by Crippen LogP contribution is -2.43. The van der Waals surface area contributed by atoms with Crippen LogP contribution in [0.4, 0.5) is 0 Å². The number of carbonyl (C=O) groups is 2. The average molecular weight is 402 g/mol. The Morgan fingerprint density at radius 1 is 0.767 bits per heavy atom. The van der Waals surface area contributed by atoms with Gasteiger partial charge in [-0.3, -0.25) is 9.59 Å². The number of rotatable bonds is 10. The summed E-state index contributed by atoms with van der Waals surface area (Å²) in [6.45, 7) is 0. The van der Waals surface area contributed by atoms with Gasteiger partial charge in [0.2, 0.25) is 5.91 Å². The van der Waals surface area contributed by atoms with E-state index < -0.39 is 6.04 Å². The highest BCUT2D eigenvalue weighted by molar-refractivity contribution is 5.90. The molecule has 3 aromatic carbocycles. The lowest BCUT2D eigenvalue weighted by molar-refractivity contribution is -0.127. The Balaban J connectivity index is 1.60. The molecule has 0 saturated heterocycles. The Morgan fingerprint density at radius 2 is 1.37 bits per heavy atom. The monoisotopic (exact) mass is 401 g/mol. The van der Waals surface area contributed by atoms with Crippen LogP contribution in [0.3, 0.4) is 0 Å². The summed E-state index contributed by atoms with van der Waals surface area (Å²) in [5.41, 5.74) is 3.02. The summed E-state index contributed by atoms with van der Waals surface area (Å²) in [4.78, 5) is 25.5. The van der Waals surface area contributed by atoms with Crippen molar-refractivity contribution in [2.45, 2.75) is 38.1 Å². The first-order valence-electron chi connectivity index (χ1n) is 10.3. The predicted molar refractivity (Wildman–Crippen MR) is 118 cm³/mol. The summed E-state index contributed by atoms with van der Waals surface area (Å²) in [5, 5.41) is 12.3. The lowest BCUT2D eigenvalue weighted by atomic mass is 9.97. The standard InChI is InChI=1S/C26H27NO3/c28-23-16-14-22(15-17-23)19-26(30)27-24(18-21-10-5-2-6-11-21)25(29)13-7-12-20-8-3-1-4-9-20/h1-6,8-11,14-17,24,28H,7,12-13,18-19H2,(H,27,30)/t24-/m0/s1. The molecule has 2 N–H and O–H groups in total. The molecule has 3 rings (SSSR count). The van der Waals surface area contributed by atoms with E-state index in [0.29, 0.717) is 12.8 Å². The number of amides is 1. The van der Waals surface area contributed by atoms with Gasteiger partial charge in [0.05, 0.1) is 12.5 Å². The van der Waals surface area contributed by atoms with Gasteiger partial charge in [0.1, 0.15) is 5.75 Å². The van der Waals surface area contributed by atoms with Gasteiger partial charge >= 0.3 is 0 Å². The number of phenols is 1. The molecule has 4 nitrogen and oxygen atoms in total. The topological polar surface area (TPSA) is 66.4 Å². The van der Waals surface area contributed by atoms with Crippen molar-refractivity contribution in [3.05, 3.63) is 102 Å². The van der Waals surface area contributed by atoms with Crippen LogP contribution in [0, 0.1) is 0 Å². The van der Waals surface area contributed by atoms with Crippen molar-refractivity contribution >= 4 is 11.7 Å². The second kappa shape index (κ2) is 11.0. The molecule has 0 aliphatic heterocycles. The molecule has 0 heterocycles. The van der Waals surface area contributed by atoms with Crippen molar-refractivity contribution in [3.8, 4) is 5.75 Å². The smallest absolute Gasteiger partial charge is 0.225 e. The molecule has 1 atom stereocenters. The molecule has 4 heteroatoms. The Bertz CT molecular complexity index is 937. The summed E-state index contributed by atoms with van der Waals surface area (Å²) >= 11 is 0. The van der Waals surface area contributed by atoms with Crippen LogP contribution in [0.5, 0.6) is 5.75 Å². The number of ketones is 1. The molecule has 0 aromatic heterocycles. The van der Waals surface area contributed by atoms with Gasteiger partial charge in [-0.1, -0.05) is 72.8 Å². The number of carbonyl (C=O) groups excluding carboxylic acids is 2. The second-order valence-corrected chi connectivity index (χ2v) is 7.46. The van der Waals surface area contributed by atoms with Gasteiger partial charge in [-0.15, -0.1) is 0 Å². The van der Waals surface area contributed by atoms with Crippen molar-refractivity contribution in [2.24, 2.45) is 0 Å². The van der Waals surface area contributed by atoms with E-state index in [1.54, 1.807) is 24.3 Å². The molecule has 0 unspecified atom stereocenters. The summed E-state index contributed by atoms with van der Waals surface area (Å²) in [5.74, 6) is 0.0153. The molecule has 0 saturated carbocycles. The van der Waals surface area contributed by atoms with Crippen LogP contribution in [-0.4, -0.2) is 22.8 Å². The number of hydrogen-bond acceptors (Lipinski definition) is 3. The van der Waals surface area contributed by atoms with Crippen molar-refractivity contribution in [1.29, 1.82) is 0 Å². The molecule has 1 amide bonds. The molecule has 0 fully saturated rings. The summed E-state index contributed by atoms with van der Waals surface area (Å²) < 4.78 is 0. The fourth-order valence-electron chi connectivity index (χ4n) is 3.43. The van der Waals surface area contributed by atoms with Gasteiger partial charge in [0, 0.05) is 6.42 Å². The van der Waals surface area contributed by atoms with Crippen LogP contribution >= 0.6 is 0 Å². The number of nitrogens with one attached hydrogen (secondary N) is 1. The average Bonchev–Trinajstić information content (AvgIpc) is 2.76. The normalized spacial score (nSPS) is 11.6. The highest BCUT2D eigenvalue weighted by atomic mass is 16.3. The van der Waals surface area contributed by atoms with Crippen molar-refractivity contribution < 1.29 is 14.7 Å². The molecular formula is C26H27NO3. The zero-order chi connectivity index (χ0) is 21.2. The first-order chi connectivity index (χ1) is 14.6. The molecule has 0 aliphatic carbocycles. The number of aromatic hydroxyl groups is 1. The van der Waals surface area contributed by atoms with Crippen molar-refractivity contribution in [3.63, 3.8) is 0 Å². The fourth-order valence-corrected chi connectivity index (χ4v) is 3.43. The first-order valence-corrected chi connectivity index (χ1v) is 10.3. The van der Waals surface area contributed by atoms with Crippen LogP contribution in [0.1, 0.15) is 29.5 Å². The fraction of sp³-hybridized carbons (Fsp3) is 0.231. The molecule has 0 aliphatic rings. The molecule has 30 heavy (non-hydrogen) atoms. The Morgan fingerprint density at radius 3 is 2.00 bits per heavy atom. The van der Waals surface area contributed by atoms with Crippen LogP contribution in [-0.2, 0) is 28.9 Å². The lowest BCUT2D eigenvalue weighted by Gasteiger charge is -2.18. The predicted octanol–water partition coefficient (Wildman–Crippen LogP) is 4.25. The van der Waals surface area contributed by atoms with E-state index in [-0.39, 0.29) is 23.9 Å². The SMILES string of the molecule is O=C(Cc1ccc(O)cc1)N[C@@H](Cc1ccccc1)C(=O)CCCc1ccccc1. The third-order valence-corrected chi connectivity index (χ3v) is 5.04. The molecule has 0 bridgehead atoms. The van der Waals surface area contributed by atoms with Crippen molar-refractivity contribution in [2.75, 3.05) is 0 Å². The van der Waals surface area contributed by atoms with Crippen LogP contribution in [0.25, 0.3) is 0 Å². The Hall–Kier alpha value is -3.40. The number of hydrogen-bond donors (Lipinski definition) is 2. The molecule has 3 aromatic rings. The maximum atomic E-state index is 12.9. The van der Waals surface area contributed by atoms with E-state index in [2.05, 4.69) is 17.4 Å². The molecule has 0 spiro atoms. The van der Waals surface area contributed by atoms with Gasteiger partial charge in [0.25, 0.3) is 0 Å². The quantitative estimate of drug-likeness (QED) is 0.534. The van der Waals surface area contributed by atoms with Crippen molar-refractivity contribution in [1.82, 2.24) is 5.32 Å². The summed E-state index contributed by atoms with van der Waals surface area (Å²) in [6.07, 6.45) is 2.66. The number of Topliss-reactive ketones (excluding diaryl/α,β-unsaturated/α-hetero) is 1. The summed E-state index contributed by atoms with van der Waals surface area (Å²) in [6, 6.07) is 25.8. The van der Waals surface area contributed by atoms with Gasteiger partial charge in [-0.2, -0.15) is 0 Å².